The first-order valence-electron chi connectivity index (χ1n) is 9.53. The van der Waals surface area contributed by atoms with Crippen molar-refractivity contribution in [2.75, 3.05) is 19.7 Å². The van der Waals surface area contributed by atoms with Gasteiger partial charge in [0.1, 0.15) is 5.75 Å². The van der Waals surface area contributed by atoms with Crippen LogP contribution in [-0.4, -0.2) is 42.5 Å². The number of hydrogen-bond acceptors (Lipinski definition) is 3. The van der Waals surface area contributed by atoms with Gasteiger partial charge in [0.15, 0.2) is 6.61 Å². The van der Waals surface area contributed by atoms with Crippen LogP contribution in [0.2, 0.25) is 0 Å². The van der Waals surface area contributed by atoms with Crippen LogP contribution in [0.25, 0.3) is 10.8 Å². The summed E-state index contributed by atoms with van der Waals surface area (Å²) in [5, 5.41) is 5.26. The van der Waals surface area contributed by atoms with Gasteiger partial charge in [0.2, 0.25) is 5.91 Å². The number of carbonyl (C=O) groups excluding carboxylic acids is 2. The fourth-order valence-electron chi connectivity index (χ4n) is 3.38. The van der Waals surface area contributed by atoms with Crippen molar-refractivity contribution in [3.05, 3.63) is 42.5 Å². The van der Waals surface area contributed by atoms with Crippen molar-refractivity contribution in [3.63, 3.8) is 0 Å². The number of nitrogens with zero attached hydrogens (tertiary/aromatic N) is 1. The fourth-order valence-corrected chi connectivity index (χ4v) is 3.38. The van der Waals surface area contributed by atoms with Crippen LogP contribution in [0.15, 0.2) is 42.5 Å². The van der Waals surface area contributed by atoms with Crippen molar-refractivity contribution in [1.29, 1.82) is 0 Å². The number of ether oxygens (including phenoxy) is 1. The number of carbonyl (C=O) groups is 2. The zero-order valence-corrected chi connectivity index (χ0v) is 16.3. The van der Waals surface area contributed by atoms with Gasteiger partial charge in [-0.1, -0.05) is 51.1 Å². The topological polar surface area (TPSA) is 58.6 Å². The number of piperidine rings is 1. The summed E-state index contributed by atoms with van der Waals surface area (Å²) in [5.41, 5.74) is -0.357. The Hall–Kier alpha value is -2.56. The predicted molar refractivity (Wildman–Crippen MR) is 107 cm³/mol. The maximum absolute atomic E-state index is 12.3. The number of nitrogens with one attached hydrogen (secondary N) is 1. The Morgan fingerprint density at radius 1 is 1.07 bits per heavy atom. The average Bonchev–Trinajstić information content (AvgIpc) is 2.65. The minimum Gasteiger partial charge on any atom is -0.484 e. The second kappa shape index (κ2) is 7.99. The van der Waals surface area contributed by atoms with E-state index in [0.717, 1.165) is 23.6 Å². The normalized spacial score (nSPS) is 15.6. The highest BCUT2D eigenvalue weighted by atomic mass is 16.5. The summed E-state index contributed by atoms with van der Waals surface area (Å²) >= 11 is 0. The third-order valence-electron chi connectivity index (χ3n) is 4.88. The Balaban J connectivity index is 1.45. The molecule has 27 heavy (non-hydrogen) atoms. The predicted octanol–water partition coefficient (Wildman–Crippen LogP) is 3.37. The molecule has 0 spiro atoms. The largest absolute Gasteiger partial charge is 0.484 e. The molecule has 0 atom stereocenters. The fraction of sp³-hybridized carbons (Fsp3) is 0.455. The van der Waals surface area contributed by atoms with Crippen LogP contribution in [0.3, 0.4) is 0 Å². The molecule has 2 aromatic carbocycles. The van der Waals surface area contributed by atoms with Crippen LogP contribution in [0.5, 0.6) is 5.75 Å². The number of likely N-dealkylation sites (tertiary alicyclic amines) is 1. The Bertz CT molecular complexity index is 818. The molecular weight excluding hydrogens is 340 g/mol. The molecule has 0 aromatic heterocycles. The highest BCUT2D eigenvalue weighted by Gasteiger charge is 2.30. The number of hydrogen-bond donors (Lipinski definition) is 1. The maximum atomic E-state index is 12.3. The molecule has 1 saturated heterocycles. The first kappa shape index (κ1) is 19.2. The average molecular weight is 368 g/mol. The van der Waals surface area contributed by atoms with E-state index in [0.29, 0.717) is 18.8 Å². The molecule has 0 bridgehead atoms. The van der Waals surface area contributed by atoms with Gasteiger partial charge in [-0.05, 0) is 35.7 Å². The van der Waals surface area contributed by atoms with Gasteiger partial charge < -0.3 is 15.0 Å². The molecule has 0 radical (unpaired) electrons. The van der Waals surface area contributed by atoms with E-state index in [2.05, 4.69) is 5.32 Å². The zero-order chi connectivity index (χ0) is 19.4. The molecule has 2 aromatic rings. The number of rotatable bonds is 4. The summed E-state index contributed by atoms with van der Waals surface area (Å²) in [6.45, 7) is 7.19. The lowest BCUT2D eigenvalue weighted by atomic mass is 9.93. The first-order valence-corrected chi connectivity index (χ1v) is 9.53. The lowest BCUT2D eigenvalue weighted by molar-refractivity contribution is -0.140. The summed E-state index contributed by atoms with van der Waals surface area (Å²) < 4.78 is 5.64. The minimum absolute atomic E-state index is 0.000520. The molecule has 3 rings (SSSR count). The van der Waals surface area contributed by atoms with Gasteiger partial charge in [0.25, 0.3) is 5.91 Å². The minimum atomic E-state index is -0.357. The quantitative estimate of drug-likeness (QED) is 0.900. The second-order valence-electron chi connectivity index (χ2n) is 8.18. The van der Waals surface area contributed by atoms with Crippen molar-refractivity contribution in [3.8, 4) is 5.75 Å². The summed E-state index contributed by atoms with van der Waals surface area (Å²) in [5.74, 6) is 0.741. The molecule has 1 aliphatic heterocycles. The van der Waals surface area contributed by atoms with Gasteiger partial charge in [-0.3, -0.25) is 9.59 Å². The van der Waals surface area contributed by atoms with Crippen LogP contribution in [-0.2, 0) is 9.59 Å². The monoisotopic (exact) mass is 368 g/mol. The number of fused-ring (bicyclic) bond motifs is 1. The molecule has 0 aliphatic carbocycles. The summed E-state index contributed by atoms with van der Waals surface area (Å²) in [4.78, 5) is 26.4. The number of amides is 2. The van der Waals surface area contributed by atoms with E-state index in [9.17, 15) is 9.59 Å². The van der Waals surface area contributed by atoms with E-state index in [1.54, 1.807) is 0 Å². The lowest BCUT2D eigenvalue weighted by Gasteiger charge is -2.36. The van der Waals surface area contributed by atoms with Crippen LogP contribution >= 0.6 is 0 Å². The third kappa shape index (κ3) is 5.00. The summed E-state index contributed by atoms with van der Waals surface area (Å²) in [7, 11) is 0. The Morgan fingerprint density at radius 3 is 2.41 bits per heavy atom. The highest BCUT2D eigenvalue weighted by molar-refractivity contribution is 5.84. The highest BCUT2D eigenvalue weighted by Crippen LogP contribution is 2.22. The van der Waals surface area contributed by atoms with Crippen molar-refractivity contribution in [2.45, 2.75) is 39.7 Å². The van der Waals surface area contributed by atoms with Gasteiger partial charge in [-0.25, -0.2) is 0 Å². The van der Waals surface area contributed by atoms with E-state index < -0.39 is 0 Å². The molecular formula is C22H28N2O3. The first-order chi connectivity index (χ1) is 12.8. The molecule has 1 heterocycles. The third-order valence-corrected chi connectivity index (χ3v) is 4.88. The molecule has 5 heteroatoms. The van der Waals surface area contributed by atoms with Crippen molar-refractivity contribution in [2.24, 2.45) is 5.41 Å². The molecule has 0 unspecified atom stereocenters. The van der Waals surface area contributed by atoms with Crippen LogP contribution in [0, 0.1) is 5.41 Å². The van der Waals surface area contributed by atoms with Crippen molar-refractivity contribution in [1.82, 2.24) is 10.2 Å². The Kier molecular flexibility index (Phi) is 5.68. The van der Waals surface area contributed by atoms with Gasteiger partial charge in [0, 0.05) is 24.5 Å². The summed E-state index contributed by atoms with van der Waals surface area (Å²) in [6, 6.07) is 14.0. The molecule has 1 N–H and O–H groups in total. The number of benzene rings is 2. The lowest BCUT2D eigenvalue weighted by Crippen LogP contribution is -2.49. The SMILES string of the molecule is CC(C)(C)C(=O)N1CCC(NC(=O)COc2ccc3ccccc3c2)CC1. The van der Waals surface area contributed by atoms with Gasteiger partial charge in [-0.15, -0.1) is 0 Å². The Labute approximate surface area is 160 Å². The molecule has 2 amide bonds. The van der Waals surface area contributed by atoms with E-state index in [-0.39, 0.29) is 29.9 Å². The van der Waals surface area contributed by atoms with Crippen LogP contribution < -0.4 is 10.1 Å². The van der Waals surface area contributed by atoms with E-state index in [1.807, 2.05) is 68.1 Å². The standard InChI is InChI=1S/C22H28N2O3/c1-22(2,3)21(26)24-12-10-18(11-13-24)23-20(25)15-27-19-9-8-16-6-4-5-7-17(16)14-19/h4-9,14,18H,10-13,15H2,1-3H3,(H,23,25). The smallest absolute Gasteiger partial charge is 0.258 e. The van der Waals surface area contributed by atoms with Crippen LogP contribution in [0.1, 0.15) is 33.6 Å². The molecule has 0 saturated carbocycles. The van der Waals surface area contributed by atoms with Gasteiger partial charge >= 0.3 is 0 Å². The van der Waals surface area contributed by atoms with Crippen molar-refractivity contribution >= 4 is 22.6 Å². The molecule has 1 fully saturated rings. The zero-order valence-electron chi connectivity index (χ0n) is 16.3. The van der Waals surface area contributed by atoms with Crippen molar-refractivity contribution < 1.29 is 14.3 Å². The van der Waals surface area contributed by atoms with Gasteiger partial charge in [0.05, 0.1) is 0 Å². The Morgan fingerprint density at radius 2 is 1.74 bits per heavy atom. The second-order valence-corrected chi connectivity index (χ2v) is 8.18. The maximum Gasteiger partial charge on any atom is 0.258 e. The molecule has 144 valence electrons. The summed E-state index contributed by atoms with van der Waals surface area (Å²) in [6.07, 6.45) is 1.56. The molecule has 5 nitrogen and oxygen atoms in total. The van der Waals surface area contributed by atoms with Crippen LogP contribution in [0.4, 0.5) is 0 Å². The molecule has 1 aliphatic rings. The van der Waals surface area contributed by atoms with E-state index in [1.165, 1.54) is 0 Å². The van der Waals surface area contributed by atoms with E-state index in [4.69, 9.17) is 4.74 Å². The van der Waals surface area contributed by atoms with E-state index >= 15 is 0 Å². The van der Waals surface area contributed by atoms with Gasteiger partial charge in [-0.2, -0.15) is 0 Å².